The van der Waals surface area contributed by atoms with Crippen molar-refractivity contribution >= 4 is 38.8 Å². The summed E-state index contributed by atoms with van der Waals surface area (Å²) in [6, 6.07) is 49.4. The van der Waals surface area contributed by atoms with Crippen molar-refractivity contribution in [3.8, 4) is 0 Å². The summed E-state index contributed by atoms with van der Waals surface area (Å²) < 4.78 is 0. The molecule has 1 nitrogen and oxygen atoms in total. The van der Waals surface area contributed by atoms with Gasteiger partial charge >= 0.3 is 0 Å². The predicted octanol–water partition coefficient (Wildman–Crippen LogP) is 11.4. The summed E-state index contributed by atoms with van der Waals surface area (Å²) in [6.45, 7) is 4.42. The fraction of sp³-hybridized carbons (Fsp3) is 0.158. The fourth-order valence-corrected chi connectivity index (χ4v) is 4.30. The zero-order valence-electron chi connectivity index (χ0n) is 23.6. The van der Waals surface area contributed by atoms with Crippen molar-refractivity contribution in [3.05, 3.63) is 162 Å². The number of hydrogen-bond acceptors (Lipinski definition) is 1. The molecule has 2 heteroatoms. The van der Waals surface area contributed by atoms with E-state index in [0.717, 1.165) is 17.1 Å². The number of anilines is 1. The van der Waals surface area contributed by atoms with E-state index in [-0.39, 0.29) is 0 Å². The number of benzene rings is 6. The van der Waals surface area contributed by atoms with Gasteiger partial charge in [-0.3, -0.25) is 0 Å². The quantitative estimate of drug-likeness (QED) is 0.219. The summed E-state index contributed by atoms with van der Waals surface area (Å²) in [4.78, 5) is 0. The first-order valence-corrected chi connectivity index (χ1v) is 14.4. The second-order valence-corrected chi connectivity index (χ2v) is 10.0. The average molecular weight is 546 g/mol. The van der Waals surface area contributed by atoms with Gasteiger partial charge in [-0.2, -0.15) is 0 Å². The Hall–Kier alpha value is -4.07. The third-order valence-electron chi connectivity index (χ3n) is 6.28. The first kappa shape index (κ1) is 30.5. The Morgan fingerprint density at radius 1 is 0.475 bits per heavy atom. The lowest BCUT2D eigenvalue weighted by Crippen LogP contribution is -1.87. The smallest absolute Gasteiger partial charge is 0.0405 e. The molecule has 0 heterocycles. The Morgan fingerprint density at radius 2 is 0.950 bits per heavy atom. The molecule has 0 bridgehead atoms. The van der Waals surface area contributed by atoms with Crippen LogP contribution in [-0.2, 0) is 6.42 Å². The highest BCUT2D eigenvalue weighted by Crippen LogP contribution is 2.18. The number of fused-ring (bicyclic) bond motifs is 2. The van der Waals surface area contributed by atoms with Gasteiger partial charge in [-0.15, -0.1) is 0 Å². The molecule has 40 heavy (non-hydrogen) atoms. The number of rotatable bonds is 4. The molecule has 0 aliphatic carbocycles. The van der Waals surface area contributed by atoms with Crippen molar-refractivity contribution in [3.63, 3.8) is 0 Å². The van der Waals surface area contributed by atoms with Crippen LogP contribution < -0.4 is 5.73 Å². The van der Waals surface area contributed by atoms with Gasteiger partial charge in [-0.1, -0.05) is 166 Å². The molecule has 0 aromatic heterocycles. The molecular weight excluding hydrogens is 506 g/mol. The highest BCUT2D eigenvalue weighted by Gasteiger charge is 1.97. The second-order valence-electron chi connectivity index (χ2n) is 9.60. The molecule has 6 aromatic carbocycles. The van der Waals surface area contributed by atoms with Crippen molar-refractivity contribution in [2.75, 3.05) is 5.73 Å². The lowest BCUT2D eigenvalue weighted by Gasteiger charge is -2.04. The van der Waals surface area contributed by atoms with E-state index in [0.29, 0.717) is 0 Å². The molecule has 0 fully saturated rings. The van der Waals surface area contributed by atoms with Crippen molar-refractivity contribution in [2.24, 2.45) is 0 Å². The molecule has 0 amide bonds. The highest BCUT2D eigenvalue weighted by molar-refractivity contribution is 6.30. The minimum atomic E-state index is 0.794. The Kier molecular flexibility index (Phi) is 13.3. The molecule has 0 aliphatic heterocycles. The molecular formula is C38H40ClN. The standard InChI is InChI=1S/C17H14.C10H9N.C6H5Cl.C5H12/c1-2-6-14(7-3-1)12-15-10-11-16-8-4-5-9-17(16)13-15;11-10-6-5-8-3-1-2-4-9(8)7-10;7-6-4-2-1-3-5-6;1-3-5-4-2/h1-11,13H,12H2;1-7H,11H2;1-5H;3-5H2,1-2H3. The number of nitrogen functional groups attached to an aromatic ring is 1. The number of nitrogens with two attached hydrogens (primary N) is 1. The first-order chi connectivity index (χ1) is 19.6. The molecule has 2 N–H and O–H groups in total. The van der Waals surface area contributed by atoms with Crippen LogP contribution in [0.1, 0.15) is 44.2 Å². The second kappa shape index (κ2) is 17.5. The minimum Gasteiger partial charge on any atom is -0.399 e. The van der Waals surface area contributed by atoms with Crippen LogP contribution in [0, 0.1) is 0 Å². The molecule has 0 saturated heterocycles. The van der Waals surface area contributed by atoms with E-state index in [1.54, 1.807) is 0 Å². The third-order valence-corrected chi connectivity index (χ3v) is 6.53. The van der Waals surface area contributed by atoms with Crippen LogP contribution in [0.3, 0.4) is 0 Å². The predicted molar refractivity (Wildman–Crippen MR) is 178 cm³/mol. The van der Waals surface area contributed by atoms with E-state index in [2.05, 4.69) is 98.8 Å². The normalized spacial score (nSPS) is 9.88. The lowest BCUT2D eigenvalue weighted by molar-refractivity contribution is 0.772. The van der Waals surface area contributed by atoms with Crippen LogP contribution in [-0.4, -0.2) is 0 Å². The van der Waals surface area contributed by atoms with Gasteiger partial charge in [-0.05, 0) is 63.4 Å². The van der Waals surface area contributed by atoms with Gasteiger partial charge in [0.2, 0.25) is 0 Å². The van der Waals surface area contributed by atoms with Crippen molar-refractivity contribution < 1.29 is 0 Å². The summed E-state index contributed by atoms with van der Waals surface area (Å²) in [6.07, 6.45) is 5.08. The Balaban J connectivity index is 0.000000164. The number of unbranched alkanes of at least 4 members (excludes halogenated alkanes) is 2. The summed E-state index contributed by atoms with van der Waals surface area (Å²) in [5, 5.41) is 5.86. The minimum absolute atomic E-state index is 0.794. The van der Waals surface area contributed by atoms with Gasteiger partial charge in [-0.25, -0.2) is 0 Å². The van der Waals surface area contributed by atoms with Crippen molar-refractivity contribution in [1.82, 2.24) is 0 Å². The molecule has 0 radical (unpaired) electrons. The van der Waals surface area contributed by atoms with Crippen molar-refractivity contribution in [2.45, 2.75) is 39.5 Å². The maximum atomic E-state index is 5.62. The van der Waals surface area contributed by atoms with Crippen LogP contribution in [0.4, 0.5) is 5.69 Å². The van der Waals surface area contributed by atoms with E-state index in [1.165, 1.54) is 51.9 Å². The van der Waals surface area contributed by atoms with E-state index in [4.69, 9.17) is 17.3 Å². The zero-order chi connectivity index (χ0) is 28.4. The van der Waals surface area contributed by atoms with Crippen LogP contribution in [0.2, 0.25) is 5.02 Å². The monoisotopic (exact) mass is 545 g/mol. The molecule has 0 spiro atoms. The van der Waals surface area contributed by atoms with Crippen LogP contribution in [0.25, 0.3) is 21.5 Å². The topological polar surface area (TPSA) is 26.0 Å². The van der Waals surface area contributed by atoms with Crippen LogP contribution >= 0.6 is 11.6 Å². The lowest BCUT2D eigenvalue weighted by atomic mass is 10.0. The molecule has 0 aliphatic rings. The van der Waals surface area contributed by atoms with E-state index in [1.807, 2.05) is 60.7 Å². The van der Waals surface area contributed by atoms with Gasteiger partial charge in [0.15, 0.2) is 0 Å². The van der Waals surface area contributed by atoms with Gasteiger partial charge in [0.1, 0.15) is 0 Å². The molecule has 0 unspecified atom stereocenters. The summed E-state index contributed by atoms with van der Waals surface area (Å²) >= 11 is 5.54. The SMILES string of the molecule is CCCCC.Clc1ccccc1.Nc1ccc2ccccc2c1.c1ccc(Cc2ccc3ccccc3c2)cc1. The summed E-state index contributed by atoms with van der Waals surface area (Å²) in [5.74, 6) is 0. The molecule has 0 saturated carbocycles. The van der Waals surface area contributed by atoms with E-state index < -0.39 is 0 Å². The van der Waals surface area contributed by atoms with Gasteiger partial charge < -0.3 is 5.73 Å². The Morgan fingerprint density at radius 3 is 1.45 bits per heavy atom. The summed E-state index contributed by atoms with van der Waals surface area (Å²) in [5.41, 5.74) is 9.18. The van der Waals surface area contributed by atoms with Gasteiger partial charge in [0.25, 0.3) is 0 Å². The van der Waals surface area contributed by atoms with Gasteiger partial charge in [0.05, 0.1) is 0 Å². The van der Waals surface area contributed by atoms with E-state index in [9.17, 15) is 0 Å². The van der Waals surface area contributed by atoms with E-state index >= 15 is 0 Å². The Labute approximate surface area is 245 Å². The summed E-state index contributed by atoms with van der Waals surface area (Å²) in [7, 11) is 0. The van der Waals surface area contributed by atoms with Crippen LogP contribution in [0.15, 0.2) is 146 Å². The largest absolute Gasteiger partial charge is 0.399 e. The fourth-order valence-electron chi connectivity index (χ4n) is 4.16. The first-order valence-electron chi connectivity index (χ1n) is 14.1. The molecule has 0 atom stereocenters. The maximum absolute atomic E-state index is 5.62. The molecule has 204 valence electrons. The van der Waals surface area contributed by atoms with Crippen LogP contribution in [0.5, 0.6) is 0 Å². The zero-order valence-corrected chi connectivity index (χ0v) is 24.4. The molecule has 6 aromatic rings. The number of hydrogen-bond donors (Lipinski definition) is 1. The maximum Gasteiger partial charge on any atom is 0.0405 e. The Bertz CT molecular complexity index is 1530. The van der Waals surface area contributed by atoms with Crippen molar-refractivity contribution in [1.29, 1.82) is 0 Å². The van der Waals surface area contributed by atoms with Gasteiger partial charge in [0, 0.05) is 10.7 Å². The number of halogens is 1. The molecule has 6 rings (SSSR count). The highest BCUT2D eigenvalue weighted by atomic mass is 35.5. The third kappa shape index (κ3) is 11.0. The average Bonchev–Trinajstić information content (AvgIpc) is 2.99.